The third-order valence-electron chi connectivity index (χ3n) is 2.22. The molecule has 0 radical (unpaired) electrons. The number of hydrogen-bond donors (Lipinski definition) is 0. The molecule has 0 bridgehead atoms. The fourth-order valence-corrected chi connectivity index (χ4v) is 7.36. The van der Waals surface area contributed by atoms with E-state index < -0.39 is 0 Å². The van der Waals surface area contributed by atoms with E-state index >= 15 is 0 Å². The van der Waals surface area contributed by atoms with Crippen LogP contribution in [0.4, 0.5) is 0 Å². The molecular formula is C12H28P2. The van der Waals surface area contributed by atoms with Gasteiger partial charge in [0.05, 0.1) is 0 Å². The molecule has 0 rings (SSSR count). The maximum atomic E-state index is 2.48. The molecule has 0 N–H and O–H groups in total. The van der Waals surface area contributed by atoms with Crippen LogP contribution in [0, 0.1) is 11.8 Å². The normalized spacial score (nSPS) is 16.3. The van der Waals surface area contributed by atoms with Crippen LogP contribution in [0.2, 0.25) is 0 Å². The first-order valence-electron chi connectivity index (χ1n) is 5.79. The Kier molecular flexibility index (Phi) is 8.56. The zero-order valence-electron chi connectivity index (χ0n) is 10.9. The molecule has 0 fully saturated rings. The molecule has 0 aliphatic carbocycles. The van der Waals surface area contributed by atoms with E-state index in [1.807, 2.05) is 0 Å². The molecule has 2 heteroatoms. The van der Waals surface area contributed by atoms with E-state index in [-0.39, 0.29) is 0 Å². The lowest BCUT2D eigenvalue weighted by Gasteiger charge is -2.19. The van der Waals surface area contributed by atoms with Gasteiger partial charge in [-0.2, -0.15) is 0 Å². The zero-order chi connectivity index (χ0) is 11.1. The lowest BCUT2D eigenvalue weighted by atomic mass is 10.3. The van der Waals surface area contributed by atoms with Crippen molar-refractivity contribution in [3.8, 4) is 0 Å². The van der Waals surface area contributed by atoms with Gasteiger partial charge in [-0.05, 0) is 49.8 Å². The van der Waals surface area contributed by atoms with Crippen LogP contribution in [-0.2, 0) is 0 Å². The van der Waals surface area contributed by atoms with Crippen molar-refractivity contribution in [2.75, 3.05) is 38.0 Å². The van der Waals surface area contributed by atoms with E-state index in [0.717, 1.165) is 11.8 Å². The van der Waals surface area contributed by atoms with Crippen LogP contribution in [0.5, 0.6) is 0 Å². The van der Waals surface area contributed by atoms with Gasteiger partial charge in [0.15, 0.2) is 0 Å². The van der Waals surface area contributed by atoms with Crippen molar-refractivity contribution in [2.45, 2.75) is 27.7 Å². The first kappa shape index (κ1) is 14.9. The summed E-state index contributed by atoms with van der Waals surface area (Å²) in [6, 6.07) is 0. The number of rotatable bonds is 7. The van der Waals surface area contributed by atoms with Crippen molar-refractivity contribution in [3.63, 3.8) is 0 Å². The lowest BCUT2D eigenvalue weighted by molar-refractivity contribution is 0.742. The maximum absolute atomic E-state index is 2.48. The van der Waals surface area contributed by atoms with Gasteiger partial charge >= 0.3 is 0 Å². The first-order valence-corrected chi connectivity index (χ1v) is 10.1. The maximum Gasteiger partial charge on any atom is -0.0289 e. The summed E-state index contributed by atoms with van der Waals surface area (Å²) in [4.78, 5) is 0. The fourth-order valence-electron chi connectivity index (χ4n) is 1.77. The molecule has 0 saturated carbocycles. The predicted molar refractivity (Wildman–Crippen MR) is 74.8 cm³/mol. The zero-order valence-corrected chi connectivity index (χ0v) is 12.7. The monoisotopic (exact) mass is 234 g/mol. The van der Waals surface area contributed by atoms with E-state index in [9.17, 15) is 0 Å². The minimum atomic E-state index is 0.339. The highest BCUT2D eigenvalue weighted by atomic mass is 31.1. The van der Waals surface area contributed by atoms with Gasteiger partial charge in [-0.15, -0.1) is 15.8 Å². The van der Waals surface area contributed by atoms with E-state index in [1.54, 1.807) is 0 Å². The molecule has 0 aliphatic rings. The Morgan fingerprint density at radius 3 is 1.21 bits per heavy atom. The summed E-state index contributed by atoms with van der Waals surface area (Å²) in [6.45, 7) is 14.4. The van der Waals surface area contributed by atoms with E-state index in [1.165, 1.54) is 24.6 Å². The van der Waals surface area contributed by atoms with Crippen molar-refractivity contribution in [3.05, 3.63) is 0 Å². The van der Waals surface area contributed by atoms with Crippen LogP contribution in [0.15, 0.2) is 0 Å². The quantitative estimate of drug-likeness (QED) is 0.568. The Morgan fingerprint density at radius 1 is 0.714 bits per heavy atom. The minimum absolute atomic E-state index is 0.339. The lowest BCUT2D eigenvalue weighted by Crippen LogP contribution is -2.02. The van der Waals surface area contributed by atoms with E-state index in [4.69, 9.17) is 0 Å². The predicted octanol–water partition coefficient (Wildman–Crippen LogP) is 4.52. The molecule has 2 atom stereocenters. The Hall–Kier alpha value is 0.860. The van der Waals surface area contributed by atoms with E-state index in [2.05, 4.69) is 41.0 Å². The van der Waals surface area contributed by atoms with Crippen LogP contribution in [0.1, 0.15) is 27.7 Å². The van der Waals surface area contributed by atoms with Crippen LogP contribution in [0.3, 0.4) is 0 Å². The molecular weight excluding hydrogens is 206 g/mol. The summed E-state index contributed by atoms with van der Waals surface area (Å²) in [5.74, 6) is 1.80. The van der Waals surface area contributed by atoms with Crippen molar-refractivity contribution >= 4 is 15.8 Å². The molecule has 0 saturated heterocycles. The molecule has 0 nitrogen and oxygen atoms in total. The van der Waals surface area contributed by atoms with Gasteiger partial charge in [0, 0.05) is 0 Å². The van der Waals surface area contributed by atoms with Gasteiger partial charge in [-0.25, -0.2) is 0 Å². The SMILES string of the molecule is CC(C)CP(C)CCP(C)CC(C)C. The summed E-state index contributed by atoms with van der Waals surface area (Å²) < 4.78 is 0. The van der Waals surface area contributed by atoms with Crippen molar-refractivity contribution in [1.29, 1.82) is 0 Å². The molecule has 0 amide bonds. The third-order valence-corrected chi connectivity index (χ3v) is 7.25. The average Bonchev–Trinajstić information content (AvgIpc) is 1.98. The summed E-state index contributed by atoms with van der Waals surface area (Å²) in [6.07, 6.45) is 5.98. The highest BCUT2D eigenvalue weighted by Crippen LogP contribution is 2.40. The Morgan fingerprint density at radius 2 is 1.00 bits per heavy atom. The smallest absolute Gasteiger partial charge is 0.0289 e. The van der Waals surface area contributed by atoms with Crippen molar-refractivity contribution in [1.82, 2.24) is 0 Å². The van der Waals surface area contributed by atoms with E-state index in [0.29, 0.717) is 15.8 Å². The summed E-state index contributed by atoms with van der Waals surface area (Å²) in [5.41, 5.74) is 0. The van der Waals surface area contributed by atoms with Crippen LogP contribution in [0.25, 0.3) is 0 Å². The van der Waals surface area contributed by atoms with Crippen LogP contribution < -0.4 is 0 Å². The molecule has 2 unspecified atom stereocenters. The number of hydrogen-bond acceptors (Lipinski definition) is 0. The molecule has 0 spiro atoms. The third kappa shape index (κ3) is 9.42. The van der Waals surface area contributed by atoms with Gasteiger partial charge in [-0.1, -0.05) is 27.7 Å². The van der Waals surface area contributed by atoms with Gasteiger partial charge in [-0.3, -0.25) is 0 Å². The highest BCUT2D eigenvalue weighted by Gasteiger charge is 2.08. The van der Waals surface area contributed by atoms with Crippen LogP contribution >= 0.6 is 15.8 Å². The molecule has 0 aromatic heterocycles. The Balaban J connectivity index is 3.50. The van der Waals surface area contributed by atoms with Crippen molar-refractivity contribution in [2.24, 2.45) is 11.8 Å². The van der Waals surface area contributed by atoms with Gasteiger partial charge in [0.1, 0.15) is 0 Å². The molecule has 0 aromatic carbocycles. The summed E-state index contributed by atoms with van der Waals surface area (Å²) in [7, 11) is 0.677. The second-order valence-electron chi connectivity index (χ2n) is 5.31. The van der Waals surface area contributed by atoms with Gasteiger partial charge < -0.3 is 0 Å². The largest absolute Gasteiger partial charge is 0.109 e. The topological polar surface area (TPSA) is 0 Å². The Bertz CT molecular complexity index is 116. The van der Waals surface area contributed by atoms with Gasteiger partial charge in [0.2, 0.25) is 0 Å². The van der Waals surface area contributed by atoms with Gasteiger partial charge in [0.25, 0.3) is 0 Å². The minimum Gasteiger partial charge on any atom is -0.109 e. The van der Waals surface area contributed by atoms with Crippen molar-refractivity contribution < 1.29 is 0 Å². The molecule has 86 valence electrons. The standard InChI is InChI=1S/C12H28P2/c1-11(2)9-13(5)7-8-14(6)10-12(3)4/h11-12H,7-10H2,1-6H3. The highest BCUT2D eigenvalue weighted by molar-refractivity contribution is 7.60. The fraction of sp³-hybridized carbons (Fsp3) is 1.00. The average molecular weight is 234 g/mol. The second kappa shape index (κ2) is 8.06. The molecule has 0 aromatic rings. The van der Waals surface area contributed by atoms with Crippen LogP contribution in [-0.4, -0.2) is 38.0 Å². The Labute approximate surface area is 93.8 Å². The second-order valence-corrected chi connectivity index (χ2v) is 10.4. The molecule has 0 aliphatic heterocycles. The summed E-state index contributed by atoms with van der Waals surface area (Å²) in [5, 5.41) is 0. The molecule has 0 heterocycles. The summed E-state index contributed by atoms with van der Waals surface area (Å²) >= 11 is 0. The first-order chi connectivity index (χ1) is 6.41. The molecule has 14 heavy (non-hydrogen) atoms.